The highest BCUT2D eigenvalue weighted by Gasteiger charge is 2.34. The number of thiophene rings is 1. The third kappa shape index (κ3) is 4.26. The van der Waals surface area contributed by atoms with E-state index in [-0.39, 0.29) is 17.8 Å². The fraction of sp³-hybridized carbons (Fsp3) is 0.423. The van der Waals surface area contributed by atoms with Gasteiger partial charge in [-0.3, -0.25) is 9.69 Å². The maximum atomic E-state index is 14.3. The number of piperidine rings is 1. The zero-order valence-electron chi connectivity index (χ0n) is 18.4. The third-order valence-corrected chi connectivity index (χ3v) is 8.03. The fourth-order valence-electron chi connectivity index (χ4n) is 5.07. The van der Waals surface area contributed by atoms with Crippen molar-refractivity contribution >= 4 is 22.2 Å². The molecule has 168 valence electrons. The average Bonchev–Trinajstić information content (AvgIpc) is 3.44. The molecule has 1 N–H and O–H groups in total. The van der Waals surface area contributed by atoms with Gasteiger partial charge in [-0.25, -0.2) is 4.39 Å². The van der Waals surface area contributed by atoms with Crippen LogP contribution in [0.15, 0.2) is 47.1 Å². The summed E-state index contributed by atoms with van der Waals surface area (Å²) in [6.45, 7) is 4.24. The molecule has 2 aromatic heterocycles. The SMILES string of the molecule is CC1CCN([C@H](c2cccc(F)c2)c2c(NC(=O)c3ccco3)sc3c2CCCC3)CC1. The maximum absolute atomic E-state index is 14.3. The molecule has 4 nitrogen and oxygen atoms in total. The summed E-state index contributed by atoms with van der Waals surface area (Å²) in [5.41, 5.74) is 3.47. The van der Waals surface area contributed by atoms with Gasteiger partial charge in [-0.1, -0.05) is 19.1 Å². The molecule has 0 bridgehead atoms. The predicted octanol–water partition coefficient (Wildman–Crippen LogP) is 6.43. The van der Waals surface area contributed by atoms with Crippen molar-refractivity contribution in [2.45, 2.75) is 51.5 Å². The van der Waals surface area contributed by atoms with Gasteiger partial charge in [-0.05, 0) is 92.9 Å². The van der Waals surface area contributed by atoms with E-state index < -0.39 is 0 Å². The van der Waals surface area contributed by atoms with Crippen LogP contribution in [-0.2, 0) is 12.8 Å². The number of anilines is 1. The highest BCUT2D eigenvalue weighted by Crippen LogP contribution is 2.46. The van der Waals surface area contributed by atoms with Crippen LogP contribution in [0.5, 0.6) is 0 Å². The molecule has 1 atom stereocenters. The van der Waals surface area contributed by atoms with Crippen molar-refractivity contribution in [3.8, 4) is 0 Å². The second-order valence-electron chi connectivity index (χ2n) is 9.06. The number of halogens is 1. The Labute approximate surface area is 192 Å². The molecule has 0 saturated carbocycles. The number of fused-ring (bicyclic) bond motifs is 1. The van der Waals surface area contributed by atoms with Crippen LogP contribution in [0.4, 0.5) is 9.39 Å². The molecule has 1 saturated heterocycles. The van der Waals surface area contributed by atoms with E-state index in [4.69, 9.17) is 4.42 Å². The summed E-state index contributed by atoms with van der Waals surface area (Å²) >= 11 is 1.69. The lowest BCUT2D eigenvalue weighted by Gasteiger charge is -2.38. The minimum absolute atomic E-state index is 0.0665. The Morgan fingerprint density at radius 2 is 2.00 bits per heavy atom. The number of amides is 1. The Hall–Kier alpha value is -2.44. The van der Waals surface area contributed by atoms with E-state index in [0.29, 0.717) is 11.7 Å². The van der Waals surface area contributed by atoms with Crippen LogP contribution in [0.2, 0.25) is 0 Å². The van der Waals surface area contributed by atoms with Crippen LogP contribution in [0.1, 0.15) is 70.8 Å². The van der Waals surface area contributed by atoms with E-state index in [1.54, 1.807) is 35.6 Å². The molecule has 6 heteroatoms. The minimum Gasteiger partial charge on any atom is -0.459 e. The van der Waals surface area contributed by atoms with E-state index in [2.05, 4.69) is 17.1 Å². The number of hydrogen-bond acceptors (Lipinski definition) is 4. The highest BCUT2D eigenvalue weighted by atomic mass is 32.1. The first-order valence-corrected chi connectivity index (χ1v) is 12.4. The van der Waals surface area contributed by atoms with Gasteiger partial charge in [0.05, 0.1) is 12.3 Å². The molecular weight excluding hydrogens is 423 g/mol. The molecule has 0 radical (unpaired) electrons. The zero-order chi connectivity index (χ0) is 22.1. The van der Waals surface area contributed by atoms with Crippen molar-refractivity contribution in [2.24, 2.45) is 5.92 Å². The second kappa shape index (κ2) is 9.20. The van der Waals surface area contributed by atoms with Crippen LogP contribution >= 0.6 is 11.3 Å². The van der Waals surface area contributed by atoms with Crippen LogP contribution in [0.3, 0.4) is 0 Å². The fourth-order valence-corrected chi connectivity index (χ4v) is 6.38. The summed E-state index contributed by atoms with van der Waals surface area (Å²) in [5, 5.41) is 4.03. The van der Waals surface area contributed by atoms with E-state index in [1.165, 1.54) is 29.2 Å². The molecule has 5 rings (SSSR count). The Morgan fingerprint density at radius 3 is 2.75 bits per heavy atom. The van der Waals surface area contributed by atoms with Crippen molar-refractivity contribution in [3.05, 3.63) is 75.8 Å². The number of aryl methyl sites for hydroxylation is 1. The van der Waals surface area contributed by atoms with Crippen LogP contribution in [-0.4, -0.2) is 23.9 Å². The van der Waals surface area contributed by atoms with Crippen molar-refractivity contribution in [2.75, 3.05) is 18.4 Å². The first kappa shape index (κ1) is 21.4. The number of hydrogen-bond donors (Lipinski definition) is 1. The Kier molecular flexibility index (Phi) is 6.15. The van der Waals surface area contributed by atoms with Crippen molar-refractivity contribution in [1.82, 2.24) is 4.90 Å². The summed E-state index contributed by atoms with van der Waals surface area (Å²) < 4.78 is 19.7. The normalized spacial score (nSPS) is 18.3. The van der Waals surface area contributed by atoms with Crippen LogP contribution < -0.4 is 5.32 Å². The monoisotopic (exact) mass is 452 g/mol. The van der Waals surface area contributed by atoms with Gasteiger partial charge >= 0.3 is 0 Å². The Balaban J connectivity index is 1.61. The number of furan rings is 1. The number of rotatable bonds is 5. The third-order valence-electron chi connectivity index (χ3n) is 6.81. The van der Waals surface area contributed by atoms with Crippen molar-refractivity contribution < 1.29 is 13.6 Å². The molecule has 1 fully saturated rings. The first-order valence-electron chi connectivity index (χ1n) is 11.6. The molecule has 2 aliphatic rings. The molecule has 3 heterocycles. The van der Waals surface area contributed by atoms with Crippen LogP contribution in [0, 0.1) is 11.7 Å². The van der Waals surface area contributed by atoms with Gasteiger partial charge in [0, 0.05) is 10.4 Å². The van der Waals surface area contributed by atoms with E-state index >= 15 is 0 Å². The zero-order valence-corrected chi connectivity index (χ0v) is 19.2. The molecular formula is C26H29FN2O2S. The summed E-state index contributed by atoms with van der Waals surface area (Å²) in [6, 6.07) is 10.3. The topological polar surface area (TPSA) is 45.5 Å². The lowest BCUT2D eigenvalue weighted by atomic mass is 9.87. The number of nitrogens with one attached hydrogen (secondary N) is 1. The van der Waals surface area contributed by atoms with Gasteiger partial charge in [-0.15, -0.1) is 11.3 Å². The van der Waals surface area contributed by atoms with Gasteiger partial charge < -0.3 is 9.73 Å². The quantitative estimate of drug-likeness (QED) is 0.485. The molecule has 32 heavy (non-hydrogen) atoms. The molecule has 0 unspecified atom stereocenters. The first-order chi connectivity index (χ1) is 15.6. The van der Waals surface area contributed by atoms with Gasteiger partial charge in [0.15, 0.2) is 5.76 Å². The standard InChI is InChI=1S/C26H29FN2O2S/c1-17-11-13-29(14-12-17)24(18-6-4-7-19(27)16-18)23-20-8-2-3-10-22(20)32-26(23)28-25(30)21-9-5-15-31-21/h4-7,9,15-17,24H,2-3,8,10-14H2,1H3,(H,28,30)/t24-/m1/s1. The highest BCUT2D eigenvalue weighted by molar-refractivity contribution is 7.16. The number of nitrogens with zero attached hydrogens (tertiary/aromatic N) is 1. The Bertz CT molecular complexity index is 1080. The predicted molar refractivity (Wildman–Crippen MR) is 126 cm³/mol. The Morgan fingerprint density at radius 1 is 1.19 bits per heavy atom. The maximum Gasteiger partial charge on any atom is 0.291 e. The van der Waals surface area contributed by atoms with Gasteiger partial charge in [0.2, 0.25) is 0 Å². The van der Waals surface area contributed by atoms with Gasteiger partial charge in [0.25, 0.3) is 5.91 Å². The summed E-state index contributed by atoms with van der Waals surface area (Å²) in [5.74, 6) is 0.550. The molecule has 3 aromatic rings. The smallest absolute Gasteiger partial charge is 0.291 e. The molecule has 1 amide bonds. The van der Waals surface area contributed by atoms with Gasteiger partial charge in [0.1, 0.15) is 10.8 Å². The molecule has 1 aliphatic heterocycles. The minimum atomic E-state index is -0.236. The number of carbonyl (C=O) groups is 1. The van der Waals surface area contributed by atoms with Crippen LogP contribution in [0.25, 0.3) is 0 Å². The summed E-state index contributed by atoms with van der Waals surface area (Å²) in [7, 11) is 0. The molecule has 0 spiro atoms. The van der Waals surface area contributed by atoms with E-state index in [0.717, 1.165) is 61.3 Å². The van der Waals surface area contributed by atoms with Crippen molar-refractivity contribution in [1.29, 1.82) is 0 Å². The number of benzene rings is 1. The van der Waals surface area contributed by atoms with Crippen molar-refractivity contribution in [3.63, 3.8) is 0 Å². The summed E-state index contributed by atoms with van der Waals surface area (Å²) in [6.07, 6.45) is 8.14. The lowest BCUT2D eigenvalue weighted by Crippen LogP contribution is -2.37. The number of likely N-dealkylation sites (tertiary alicyclic amines) is 1. The molecule has 1 aromatic carbocycles. The lowest BCUT2D eigenvalue weighted by molar-refractivity contribution is 0.0996. The van der Waals surface area contributed by atoms with E-state index in [9.17, 15) is 9.18 Å². The number of carbonyl (C=O) groups excluding carboxylic acids is 1. The van der Waals surface area contributed by atoms with Gasteiger partial charge in [-0.2, -0.15) is 0 Å². The second-order valence-corrected chi connectivity index (χ2v) is 10.2. The van der Waals surface area contributed by atoms with E-state index in [1.807, 2.05) is 6.07 Å². The average molecular weight is 453 g/mol. The molecule has 1 aliphatic carbocycles. The summed E-state index contributed by atoms with van der Waals surface area (Å²) in [4.78, 5) is 16.7. The largest absolute Gasteiger partial charge is 0.459 e.